The number of carbonyl (C=O) groups excluding carboxylic acids is 1. The Morgan fingerprint density at radius 3 is 2.16 bits per heavy atom. The summed E-state index contributed by atoms with van der Waals surface area (Å²) in [6.45, 7) is 4.55. The topological polar surface area (TPSA) is 26.3 Å². The molecule has 2 aromatic rings. The molecule has 1 aliphatic carbocycles. The second-order valence-corrected chi connectivity index (χ2v) is 8.18. The van der Waals surface area contributed by atoms with E-state index in [9.17, 15) is 4.79 Å². The molecular formula is C16H16O2Si. The SMILES string of the molecule is COc1ccc2c(c1)C(=O)c1cc([SiH](C)C)ccc1-2. The standard InChI is InChI=1S/C16H16O2Si/c1-18-10-4-6-12-13-7-5-11(19(2)3)9-15(13)16(17)14(12)8-10/h4-9,19H,1-3H3. The fourth-order valence-corrected chi connectivity index (χ4v) is 3.54. The fourth-order valence-electron chi connectivity index (χ4n) is 2.56. The number of fused-ring (bicyclic) bond motifs is 3. The van der Waals surface area contributed by atoms with Gasteiger partial charge in [0, 0.05) is 11.1 Å². The van der Waals surface area contributed by atoms with Gasteiger partial charge in [-0.15, -0.1) is 0 Å². The molecule has 19 heavy (non-hydrogen) atoms. The maximum atomic E-state index is 12.5. The predicted octanol–water partition coefficient (Wildman–Crippen LogP) is 2.60. The van der Waals surface area contributed by atoms with Crippen molar-refractivity contribution in [2.45, 2.75) is 13.1 Å². The van der Waals surface area contributed by atoms with Gasteiger partial charge in [-0.05, 0) is 29.3 Å². The molecule has 2 nitrogen and oxygen atoms in total. The summed E-state index contributed by atoms with van der Waals surface area (Å²) in [7, 11) is 0.741. The molecule has 0 bridgehead atoms. The molecule has 0 amide bonds. The molecule has 0 heterocycles. The van der Waals surface area contributed by atoms with E-state index < -0.39 is 8.80 Å². The van der Waals surface area contributed by atoms with Crippen LogP contribution in [-0.2, 0) is 0 Å². The van der Waals surface area contributed by atoms with Gasteiger partial charge in [0.25, 0.3) is 0 Å². The second kappa shape index (κ2) is 4.35. The Hall–Kier alpha value is -1.87. The Morgan fingerprint density at radius 2 is 1.53 bits per heavy atom. The van der Waals surface area contributed by atoms with Gasteiger partial charge in [0.15, 0.2) is 5.78 Å². The van der Waals surface area contributed by atoms with E-state index in [-0.39, 0.29) is 5.78 Å². The van der Waals surface area contributed by atoms with Crippen molar-refractivity contribution in [2.75, 3.05) is 7.11 Å². The van der Waals surface area contributed by atoms with Crippen LogP contribution < -0.4 is 9.92 Å². The zero-order valence-corrected chi connectivity index (χ0v) is 12.5. The minimum Gasteiger partial charge on any atom is -0.497 e. The minimum atomic E-state index is -0.881. The van der Waals surface area contributed by atoms with E-state index >= 15 is 0 Å². The first-order valence-corrected chi connectivity index (χ1v) is 9.37. The summed E-state index contributed by atoms with van der Waals surface area (Å²) in [5.41, 5.74) is 3.69. The van der Waals surface area contributed by atoms with Crippen molar-refractivity contribution in [3.63, 3.8) is 0 Å². The van der Waals surface area contributed by atoms with E-state index in [2.05, 4.69) is 31.3 Å². The molecule has 0 radical (unpaired) electrons. The van der Waals surface area contributed by atoms with Crippen LogP contribution in [-0.4, -0.2) is 21.7 Å². The van der Waals surface area contributed by atoms with E-state index in [1.54, 1.807) is 7.11 Å². The maximum Gasteiger partial charge on any atom is 0.194 e. The zero-order chi connectivity index (χ0) is 13.6. The van der Waals surface area contributed by atoms with E-state index in [0.29, 0.717) is 0 Å². The molecule has 0 aromatic heterocycles. The lowest BCUT2D eigenvalue weighted by atomic mass is 10.1. The molecule has 0 N–H and O–H groups in total. The van der Waals surface area contributed by atoms with Crippen LogP contribution in [0.2, 0.25) is 13.1 Å². The molecule has 0 spiro atoms. The Labute approximate surface area is 114 Å². The Morgan fingerprint density at radius 1 is 0.895 bits per heavy atom. The van der Waals surface area contributed by atoms with Crippen LogP contribution in [0.15, 0.2) is 36.4 Å². The molecule has 0 saturated carbocycles. The molecule has 0 aliphatic heterocycles. The summed E-state index contributed by atoms with van der Waals surface area (Å²) in [5.74, 6) is 0.860. The predicted molar refractivity (Wildman–Crippen MR) is 80.4 cm³/mol. The largest absolute Gasteiger partial charge is 0.497 e. The van der Waals surface area contributed by atoms with Gasteiger partial charge in [0.1, 0.15) is 5.75 Å². The van der Waals surface area contributed by atoms with Gasteiger partial charge >= 0.3 is 0 Å². The van der Waals surface area contributed by atoms with Gasteiger partial charge in [0.2, 0.25) is 0 Å². The number of ketones is 1. The Bertz CT molecular complexity index is 674. The highest BCUT2D eigenvalue weighted by Gasteiger charge is 2.27. The summed E-state index contributed by atoms with van der Waals surface area (Å²) < 4.78 is 5.20. The second-order valence-electron chi connectivity index (χ2n) is 5.20. The van der Waals surface area contributed by atoms with Gasteiger partial charge in [-0.25, -0.2) is 0 Å². The number of carbonyl (C=O) groups is 1. The quantitative estimate of drug-likeness (QED) is 0.668. The van der Waals surface area contributed by atoms with Crippen LogP contribution in [0.3, 0.4) is 0 Å². The molecule has 3 rings (SSSR count). The first-order valence-electron chi connectivity index (χ1n) is 6.49. The first-order chi connectivity index (χ1) is 9.11. The highest BCUT2D eigenvalue weighted by molar-refractivity contribution is 6.70. The smallest absolute Gasteiger partial charge is 0.194 e. The van der Waals surface area contributed by atoms with Crippen LogP contribution in [0, 0.1) is 0 Å². The van der Waals surface area contributed by atoms with Crippen LogP contribution in [0.4, 0.5) is 0 Å². The molecule has 0 fully saturated rings. The fraction of sp³-hybridized carbons (Fsp3) is 0.188. The molecule has 0 unspecified atom stereocenters. The summed E-state index contributed by atoms with van der Waals surface area (Å²) in [6, 6.07) is 12.1. The van der Waals surface area contributed by atoms with E-state index in [1.807, 2.05) is 18.2 Å². The third-order valence-corrected chi connectivity index (χ3v) is 5.41. The van der Waals surface area contributed by atoms with Crippen LogP contribution in [0.25, 0.3) is 11.1 Å². The summed E-state index contributed by atoms with van der Waals surface area (Å²) in [5, 5.41) is 1.34. The van der Waals surface area contributed by atoms with Crippen LogP contribution in [0.5, 0.6) is 5.75 Å². The minimum absolute atomic E-state index is 0.125. The van der Waals surface area contributed by atoms with Gasteiger partial charge in [0.05, 0.1) is 15.9 Å². The molecule has 96 valence electrons. The van der Waals surface area contributed by atoms with Gasteiger partial charge in [-0.2, -0.15) is 0 Å². The van der Waals surface area contributed by atoms with Gasteiger partial charge < -0.3 is 4.74 Å². The Balaban J connectivity index is 2.18. The zero-order valence-electron chi connectivity index (χ0n) is 11.4. The van der Waals surface area contributed by atoms with E-state index in [0.717, 1.165) is 28.0 Å². The van der Waals surface area contributed by atoms with Gasteiger partial charge in [-0.3, -0.25) is 4.79 Å². The van der Waals surface area contributed by atoms with Crippen molar-refractivity contribution in [2.24, 2.45) is 0 Å². The molecular weight excluding hydrogens is 252 g/mol. The monoisotopic (exact) mass is 268 g/mol. The number of ether oxygens (including phenoxy) is 1. The van der Waals surface area contributed by atoms with E-state index in [1.165, 1.54) is 5.19 Å². The summed E-state index contributed by atoms with van der Waals surface area (Å²) in [6.07, 6.45) is 0. The highest BCUT2D eigenvalue weighted by atomic mass is 28.3. The third-order valence-electron chi connectivity index (χ3n) is 3.72. The maximum absolute atomic E-state index is 12.5. The average Bonchev–Trinajstić information content (AvgIpc) is 2.71. The van der Waals surface area contributed by atoms with Crippen molar-refractivity contribution in [3.8, 4) is 16.9 Å². The molecule has 0 atom stereocenters. The normalized spacial score (nSPS) is 12.5. The lowest BCUT2D eigenvalue weighted by Gasteiger charge is -2.06. The van der Waals surface area contributed by atoms with Crippen LogP contribution in [0.1, 0.15) is 15.9 Å². The number of benzene rings is 2. The Kier molecular flexibility index (Phi) is 2.79. The lowest BCUT2D eigenvalue weighted by Crippen LogP contribution is -2.23. The molecule has 1 aliphatic rings. The average molecular weight is 268 g/mol. The van der Waals surface area contributed by atoms with Crippen molar-refractivity contribution in [3.05, 3.63) is 47.5 Å². The van der Waals surface area contributed by atoms with Gasteiger partial charge in [-0.1, -0.05) is 36.5 Å². The third kappa shape index (κ3) is 1.81. The number of hydrogen-bond donors (Lipinski definition) is 0. The van der Waals surface area contributed by atoms with Crippen molar-refractivity contribution in [1.82, 2.24) is 0 Å². The summed E-state index contributed by atoms with van der Waals surface area (Å²) in [4.78, 5) is 12.5. The number of hydrogen-bond acceptors (Lipinski definition) is 2. The number of rotatable bonds is 2. The van der Waals surface area contributed by atoms with E-state index in [4.69, 9.17) is 4.74 Å². The first kappa shape index (κ1) is 12.2. The lowest BCUT2D eigenvalue weighted by molar-refractivity contribution is 0.104. The van der Waals surface area contributed by atoms with Crippen LogP contribution >= 0.6 is 0 Å². The van der Waals surface area contributed by atoms with Crippen molar-refractivity contribution < 1.29 is 9.53 Å². The molecule has 2 aromatic carbocycles. The van der Waals surface area contributed by atoms with Crippen molar-refractivity contribution in [1.29, 1.82) is 0 Å². The molecule has 3 heteroatoms. The molecule has 0 saturated heterocycles. The highest BCUT2D eigenvalue weighted by Crippen LogP contribution is 2.37. The van der Waals surface area contributed by atoms with Crippen molar-refractivity contribution >= 4 is 19.8 Å². The number of methoxy groups -OCH3 is 1. The summed E-state index contributed by atoms with van der Waals surface area (Å²) >= 11 is 0.